The van der Waals surface area contributed by atoms with Crippen molar-refractivity contribution in [1.82, 2.24) is 5.32 Å². The van der Waals surface area contributed by atoms with Gasteiger partial charge in [0.25, 0.3) is 0 Å². The van der Waals surface area contributed by atoms with Crippen LogP contribution in [0.4, 0.5) is 0 Å². The Kier molecular flexibility index (Phi) is 3.96. The summed E-state index contributed by atoms with van der Waals surface area (Å²) in [5.74, 6) is -0.00759. The predicted molar refractivity (Wildman–Crippen MR) is 58.3 cm³/mol. The first-order chi connectivity index (χ1) is 6.63. The van der Waals surface area contributed by atoms with Gasteiger partial charge in [0.15, 0.2) is 0 Å². The molecule has 1 N–H and O–H groups in total. The molecule has 1 atom stereocenters. The Hall–Kier alpha value is -1.02. The summed E-state index contributed by atoms with van der Waals surface area (Å²) in [6.07, 6.45) is 0.876. The molecule has 0 aromatic heterocycles. The number of rotatable bonds is 3. The third-order valence-corrected chi connectivity index (χ3v) is 2.31. The van der Waals surface area contributed by atoms with E-state index >= 15 is 0 Å². The summed E-state index contributed by atoms with van der Waals surface area (Å²) in [5.41, 5.74) is 1.09. The number of halogens is 1. The maximum absolute atomic E-state index is 10.9. The fourth-order valence-electron chi connectivity index (χ4n) is 1.36. The summed E-state index contributed by atoms with van der Waals surface area (Å²) >= 11 is 5.78. The first kappa shape index (κ1) is 11.1. The number of hydrogen-bond acceptors (Lipinski definition) is 1. The van der Waals surface area contributed by atoms with Crippen LogP contribution in [0.15, 0.2) is 24.3 Å². The number of amides is 1. The van der Waals surface area contributed by atoms with Gasteiger partial charge in [0.1, 0.15) is 0 Å². The topological polar surface area (TPSA) is 29.1 Å². The summed E-state index contributed by atoms with van der Waals surface area (Å²) < 4.78 is 0. The van der Waals surface area contributed by atoms with Crippen LogP contribution < -0.4 is 5.32 Å². The molecule has 0 fully saturated rings. The molecular weight excluding hydrogens is 198 g/mol. The van der Waals surface area contributed by atoms with Gasteiger partial charge in [0, 0.05) is 11.9 Å². The molecular formula is C11H14ClNO. The SMILES string of the molecule is CC[C@@H](NC(C)=O)c1ccc(Cl)cc1. The quantitative estimate of drug-likeness (QED) is 0.819. The lowest BCUT2D eigenvalue weighted by atomic mass is 10.0. The van der Waals surface area contributed by atoms with Crippen molar-refractivity contribution in [2.45, 2.75) is 26.3 Å². The minimum atomic E-state index is -0.00759. The molecule has 0 aliphatic heterocycles. The average Bonchev–Trinajstić information content (AvgIpc) is 2.15. The molecule has 14 heavy (non-hydrogen) atoms. The molecule has 1 aromatic rings. The van der Waals surface area contributed by atoms with Crippen molar-refractivity contribution in [2.75, 3.05) is 0 Å². The van der Waals surface area contributed by atoms with E-state index in [2.05, 4.69) is 5.32 Å². The monoisotopic (exact) mass is 211 g/mol. The zero-order valence-electron chi connectivity index (χ0n) is 8.38. The third-order valence-electron chi connectivity index (χ3n) is 2.06. The van der Waals surface area contributed by atoms with Crippen LogP contribution in [0.2, 0.25) is 5.02 Å². The van der Waals surface area contributed by atoms with Gasteiger partial charge in [0.2, 0.25) is 5.91 Å². The van der Waals surface area contributed by atoms with E-state index in [4.69, 9.17) is 11.6 Å². The van der Waals surface area contributed by atoms with Gasteiger partial charge < -0.3 is 5.32 Å². The summed E-state index contributed by atoms with van der Waals surface area (Å²) in [6.45, 7) is 3.56. The lowest BCUT2D eigenvalue weighted by Crippen LogP contribution is -2.25. The van der Waals surface area contributed by atoms with E-state index in [0.29, 0.717) is 5.02 Å². The molecule has 0 bridgehead atoms. The normalized spacial score (nSPS) is 12.2. The van der Waals surface area contributed by atoms with Crippen molar-refractivity contribution in [3.05, 3.63) is 34.9 Å². The van der Waals surface area contributed by atoms with Crippen LogP contribution in [-0.4, -0.2) is 5.91 Å². The predicted octanol–water partition coefficient (Wildman–Crippen LogP) is 2.93. The number of nitrogens with one attached hydrogen (secondary N) is 1. The van der Waals surface area contributed by atoms with Crippen molar-refractivity contribution in [3.8, 4) is 0 Å². The van der Waals surface area contributed by atoms with E-state index in [9.17, 15) is 4.79 Å². The van der Waals surface area contributed by atoms with Crippen LogP contribution in [-0.2, 0) is 4.79 Å². The van der Waals surface area contributed by atoms with Gasteiger partial charge in [-0.2, -0.15) is 0 Å². The molecule has 0 radical (unpaired) electrons. The summed E-state index contributed by atoms with van der Waals surface area (Å²) in [5, 5.41) is 3.60. The van der Waals surface area contributed by atoms with Gasteiger partial charge >= 0.3 is 0 Å². The minimum Gasteiger partial charge on any atom is -0.350 e. The molecule has 76 valence electrons. The molecule has 0 unspecified atom stereocenters. The van der Waals surface area contributed by atoms with Crippen LogP contribution >= 0.6 is 11.6 Å². The number of carbonyl (C=O) groups excluding carboxylic acids is 1. The highest BCUT2D eigenvalue weighted by Crippen LogP contribution is 2.18. The van der Waals surface area contributed by atoms with Crippen molar-refractivity contribution in [2.24, 2.45) is 0 Å². The Morgan fingerprint density at radius 3 is 2.43 bits per heavy atom. The Morgan fingerprint density at radius 1 is 1.43 bits per heavy atom. The summed E-state index contributed by atoms with van der Waals surface area (Å²) in [6, 6.07) is 7.63. The highest BCUT2D eigenvalue weighted by Gasteiger charge is 2.09. The highest BCUT2D eigenvalue weighted by atomic mass is 35.5. The highest BCUT2D eigenvalue weighted by molar-refractivity contribution is 6.30. The van der Waals surface area contributed by atoms with Gasteiger partial charge in [-0.3, -0.25) is 4.79 Å². The number of benzene rings is 1. The van der Waals surface area contributed by atoms with E-state index in [-0.39, 0.29) is 11.9 Å². The minimum absolute atomic E-state index is 0.00759. The van der Waals surface area contributed by atoms with Crippen molar-refractivity contribution >= 4 is 17.5 Å². The lowest BCUT2D eigenvalue weighted by Gasteiger charge is -2.16. The van der Waals surface area contributed by atoms with Crippen molar-refractivity contribution in [1.29, 1.82) is 0 Å². The summed E-state index contributed by atoms with van der Waals surface area (Å²) in [7, 11) is 0. The molecule has 1 aromatic carbocycles. The van der Waals surface area contributed by atoms with Gasteiger partial charge in [-0.05, 0) is 24.1 Å². The van der Waals surface area contributed by atoms with Crippen molar-refractivity contribution < 1.29 is 4.79 Å². The molecule has 0 saturated carbocycles. The fourth-order valence-corrected chi connectivity index (χ4v) is 1.49. The Bertz CT molecular complexity index is 308. The van der Waals surface area contributed by atoms with Crippen LogP contribution in [0.1, 0.15) is 31.9 Å². The van der Waals surface area contributed by atoms with Gasteiger partial charge in [-0.15, -0.1) is 0 Å². The van der Waals surface area contributed by atoms with Gasteiger partial charge in [-0.25, -0.2) is 0 Å². The van der Waals surface area contributed by atoms with E-state index in [1.54, 1.807) is 0 Å². The molecule has 1 amide bonds. The van der Waals surface area contributed by atoms with Crippen molar-refractivity contribution in [3.63, 3.8) is 0 Å². The molecule has 3 heteroatoms. The maximum atomic E-state index is 10.9. The molecule has 0 heterocycles. The second-order valence-electron chi connectivity index (χ2n) is 3.21. The first-order valence-corrected chi connectivity index (χ1v) is 5.04. The van der Waals surface area contributed by atoms with E-state index < -0.39 is 0 Å². The lowest BCUT2D eigenvalue weighted by molar-refractivity contribution is -0.119. The van der Waals surface area contributed by atoms with Crippen LogP contribution in [0.5, 0.6) is 0 Å². The van der Waals surface area contributed by atoms with Crippen LogP contribution in [0.25, 0.3) is 0 Å². The second kappa shape index (κ2) is 5.01. The van der Waals surface area contributed by atoms with Crippen LogP contribution in [0.3, 0.4) is 0 Å². The molecule has 0 spiro atoms. The maximum Gasteiger partial charge on any atom is 0.217 e. The van der Waals surface area contributed by atoms with E-state index in [1.807, 2.05) is 31.2 Å². The zero-order valence-corrected chi connectivity index (χ0v) is 9.14. The molecule has 0 saturated heterocycles. The van der Waals surface area contributed by atoms with Gasteiger partial charge in [0.05, 0.1) is 6.04 Å². The standard InChI is InChI=1S/C11H14ClNO/c1-3-11(13-8(2)14)9-4-6-10(12)7-5-9/h4-7,11H,3H2,1-2H3,(H,13,14)/t11-/m1/s1. The largest absolute Gasteiger partial charge is 0.350 e. The Balaban J connectivity index is 2.78. The molecule has 1 rings (SSSR count). The first-order valence-electron chi connectivity index (χ1n) is 4.66. The fraction of sp³-hybridized carbons (Fsp3) is 0.364. The smallest absolute Gasteiger partial charge is 0.217 e. The Labute approximate surface area is 89.3 Å². The Morgan fingerprint density at radius 2 is 2.00 bits per heavy atom. The van der Waals surface area contributed by atoms with E-state index in [0.717, 1.165) is 12.0 Å². The molecule has 0 aliphatic carbocycles. The van der Waals surface area contributed by atoms with Gasteiger partial charge in [-0.1, -0.05) is 30.7 Å². The zero-order chi connectivity index (χ0) is 10.6. The molecule has 0 aliphatic rings. The molecule has 2 nitrogen and oxygen atoms in total. The number of carbonyl (C=O) groups is 1. The average molecular weight is 212 g/mol. The number of hydrogen-bond donors (Lipinski definition) is 1. The van der Waals surface area contributed by atoms with Crippen LogP contribution in [0, 0.1) is 0 Å². The summed E-state index contributed by atoms with van der Waals surface area (Å²) in [4.78, 5) is 10.9. The second-order valence-corrected chi connectivity index (χ2v) is 3.65. The third kappa shape index (κ3) is 3.04. The van der Waals surface area contributed by atoms with E-state index in [1.165, 1.54) is 6.92 Å².